The van der Waals surface area contributed by atoms with Gasteiger partial charge in [-0.2, -0.15) is 0 Å². The Morgan fingerprint density at radius 1 is 1.29 bits per heavy atom. The van der Waals surface area contributed by atoms with Crippen LogP contribution in [0.5, 0.6) is 5.75 Å². The fourth-order valence-corrected chi connectivity index (χ4v) is 4.56. The Hall–Kier alpha value is -1.55. The lowest BCUT2D eigenvalue weighted by molar-refractivity contribution is -0.153. The molecule has 1 saturated heterocycles. The van der Waals surface area contributed by atoms with Crippen molar-refractivity contribution in [1.29, 1.82) is 0 Å². The maximum atomic E-state index is 11.8. The normalized spacial score (nSPS) is 35.8. The highest BCUT2D eigenvalue weighted by Crippen LogP contribution is 2.47. The fourth-order valence-electron chi connectivity index (χ4n) is 4.56. The van der Waals surface area contributed by atoms with E-state index in [0.717, 1.165) is 30.6 Å². The van der Waals surface area contributed by atoms with Crippen LogP contribution in [0.15, 0.2) is 24.3 Å². The Bertz CT molecular complexity index is 585. The monoisotopic (exact) mass is 331 g/mol. The van der Waals surface area contributed by atoms with Crippen LogP contribution in [-0.4, -0.2) is 24.7 Å². The molecular formula is C20H29NO3. The van der Waals surface area contributed by atoms with Crippen LogP contribution in [0.3, 0.4) is 0 Å². The Balaban J connectivity index is 1.87. The number of hydrogen-bond donors (Lipinski definition) is 1. The standard InChI is InChI=1S/C20H29NO3/c1-13-5-10-17-18(11-13)24-19(12-20(17,3)21-14(2)22)15-6-8-16(23-4)9-7-15/h6-9,13,17-19H,5,10-12H2,1-4H3,(H,21,22)/t13-,17-,18-,19-,20-/m1/s1. The third-order valence-corrected chi connectivity index (χ3v) is 5.77. The molecule has 1 amide bonds. The predicted octanol–water partition coefficient (Wildman–Crippen LogP) is 3.86. The Morgan fingerprint density at radius 2 is 2.00 bits per heavy atom. The maximum Gasteiger partial charge on any atom is 0.217 e. The van der Waals surface area contributed by atoms with Crippen LogP contribution in [0, 0.1) is 11.8 Å². The van der Waals surface area contributed by atoms with Gasteiger partial charge in [-0.1, -0.05) is 25.5 Å². The molecule has 2 aliphatic rings. The third-order valence-electron chi connectivity index (χ3n) is 5.77. The molecule has 0 bridgehead atoms. The van der Waals surface area contributed by atoms with Crippen molar-refractivity contribution >= 4 is 5.91 Å². The number of ether oxygens (including phenoxy) is 2. The zero-order chi connectivity index (χ0) is 17.3. The number of amides is 1. The van der Waals surface area contributed by atoms with Gasteiger partial charge in [0.05, 0.1) is 19.3 Å². The van der Waals surface area contributed by atoms with Gasteiger partial charge in [0.2, 0.25) is 5.91 Å². The van der Waals surface area contributed by atoms with Crippen molar-refractivity contribution in [3.05, 3.63) is 29.8 Å². The number of carbonyl (C=O) groups excluding carboxylic acids is 1. The summed E-state index contributed by atoms with van der Waals surface area (Å²) in [5.74, 6) is 1.98. The first-order chi connectivity index (χ1) is 11.4. The van der Waals surface area contributed by atoms with Crippen molar-refractivity contribution in [1.82, 2.24) is 5.32 Å². The molecular weight excluding hydrogens is 302 g/mol. The van der Waals surface area contributed by atoms with Crippen LogP contribution in [0.1, 0.15) is 58.1 Å². The molecule has 1 heterocycles. The lowest BCUT2D eigenvalue weighted by atomic mass is 9.66. The van der Waals surface area contributed by atoms with Gasteiger partial charge in [0.25, 0.3) is 0 Å². The number of nitrogens with one attached hydrogen (secondary N) is 1. The number of hydrogen-bond acceptors (Lipinski definition) is 3. The quantitative estimate of drug-likeness (QED) is 0.915. The van der Waals surface area contributed by atoms with E-state index in [1.54, 1.807) is 14.0 Å². The zero-order valence-electron chi connectivity index (χ0n) is 15.2. The summed E-state index contributed by atoms with van der Waals surface area (Å²) in [4.78, 5) is 11.8. The van der Waals surface area contributed by atoms with Crippen molar-refractivity contribution in [3.8, 4) is 5.75 Å². The summed E-state index contributed by atoms with van der Waals surface area (Å²) in [5, 5.41) is 3.25. The molecule has 1 N–H and O–H groups in total. The molecule has 4 nitrogen and oxygen atoms in total. The third kappa shape index (κ3) is 3.44. The van der Waals surface area contributed by atoms with Crippen LogP contribution in [0.2, 0.25) is 0 Å². The molecule has 24 heavy (non-hydrogen) atoms. The minimum atomic E-state index is -0.209. The molecule has 0 unspecified atom stereocenters. The second-order valence-corrected chi connectivity index (χ2v) is 7.76. The van der Waals surface area contributed by atoms with E-state index >= 15 is 0 Å². The van der Waals surface area contributed by atoms with Crippen LogP contribution in [0.25, 0.3) is 0 Å². The fraction of sp³-hybridized carbons (Fsp3) is 0.650. The van der Waals surface area contributed by atoms with Gasteiger partial charge in [0.15, 0.2) is 0 Å². The summed E-state index contributed by atoms with van der Waals surface area (Å²) >= 11 is 0. The molecule has 132 valence electrons. The minimum Gasteiger partial charge on any atom is -0.497 e. The van der Waals surface area contributed by atoms with Crippen LogP contribution in [0.4, 0.5) is 0 Å². The number of methoxy groups -OCH3 is 1. The first kappa shape index (κ1) is 17.3. The molecule has 1 aromatic carbocycles. The van der Waals surface area contributed by atoms with Crippen molar-refractivity contribution in [2.45, 2.75) is 64.2 Å². The molecule has 0 radical (unpaired) electrons. The summed E-state index contributed by atoms with van der Waals surface area (Å²) in [6.45, 7) is 6.11. The predicted molar refractivity (Wildman–Crippen MR) is 94.0 cm³/mol. The number of benzene rings is 1. The van der Waals surface area contributed by atoms with E-state index in [4.69, 9.17) is 9.47 Å². The molecule has 0 aromatic heterocycles. The number of carbonyl (C=O) groups is 1. The van der Waals surface area contributed by atoms with E-state index in [1.807, 2.05) is 12.1 Å². The smallest absolute Gasteiger partial charge is 0.217 e. The summed E-state index contributed by atoms with van der Waals surface area (Å²) in [7, 11) is 1.67. The van der Waals surface area contributed by atoms with Gasteiger partial charge >= 0.3 is 0 Å². The topological polar surface area (TPSA) is 47.6 Å². The van der Waals surface area contributed by atoms with Gasteiger partial charge in [-0.05, 0) is 43.4 Å². The van der Waals surface area contributed by atoms with Gasteiger partial charge < -0.3 is 14.8 Å². The Labute approximate surface area is 144 Å². The first-order valence-corrected chi connectivity index (χ1v) is 8.99. The molecule has 3 rings (SSSR count). The van der Waals surface area contributed by atoms with Crippen molar-refractivity contribution < 1.29 is 14.3 Å². The minimum absolute atomic E-state index is 0.0132. The van der Waals surface area contributed by atoms with E-state index in [9.17, 15) is 4.79 Å². The van der Waals surface area contributed by atoms with Gasteiger partial charge in [-0.3, -0.25) is 4.79 Å². The molecule has 5 atom stereocenters. The summed E-state index contributed by atoms with van der Waals surface area (Å²) in [6.07, 6.45) is 4.46. The second kappa shape index (κ2) is 6.75. The molecule has 2 fully saturated rings. The lowest BCUT2D eigenvalue weighted by Crippen LogP contribution is -2.60. The van der Waals surface area contributed by atoms with Crippen LogP contribution >= 0.6 is 0 Å². The number of fused-ring (bicyclic) bond motifs is 1. The molecule has 1 aromatic rings. The summed E-state index contributed by atoms with van der Waals surface area (Å²) in [5.41, 5.74) is 0.948. The van der Waals surface area contributed by atoms with E-state index in [0.29, 0.717) is 11.8 Å². The summed E-state index contributed by atoms with van der Waals surface area (Å²) < 4.78 is 11.8. The average Bonchev–Trinajstić information content (AvgIpc) is 2.53. The van der Waals surface area contributed by atoms with Gasteiger partial charge in [0, 0.05) is 24.8 Å². The van der Waals surface area contributed by atoms with Crippen LogP contribution in [-0.2, 0) is 9.53 Å². The van der Waals surface area contributed by atoms with Gasteiger partial charge in [-0.15, -0.1) is 0 Å². The lowest BCUT2D eigenvalue weighted by Gasteiger charge is -2.52. The zero-order valence-corrected chi connectivity index (χ0v) is 15.2. The van der Waals surface area contributed by atoms with E-state index in [2.05, 4.69) is 31.3 Å². The van der Waals surface area contributed by atoms with Crippen molar-refractivity contribution in [3.63, 3.8) is 0 Å². The first-order valence-electron chi connectivity index (χ1n) is 8.99. The second-order valence-electron chi connectivity index (χ2n) is 7.76. The SMILES string of the molecule is COc1ccc([C@H]2C[C@@](C)(NC(C)=O)[C@@H]3CC[C@@H](C)C[C@H]3O2)cc1. The van der Waals surface area contributed by atoms with Gasteiger partial charge in [-0.25, -0.2) is 0 Å². The van der Waals surface area contributed by atoms with E-state index in [-0.39, 0.29) is 23.7 Å². The molecule has 1 saturated carbocycles. The summed E-state index contributed by atoms with van der Waals surface area (Å²) in [6, 6.07) is 8.10. The Kier molecular flexibility index (Phi) is 4.86. The van der Waals surface area contributed by atoms with E-state index in [1.165, 1.54) is 6.42 Å². The van der Waals surface area contributed by atoms with Gasteiger partial charge in [0.1, 0.15) is 5.75 Å². The van der Waals surface area contributed by atoms with E-state index < -0.39 is 0 Å². The maximum absolute atomic E-state index is 11.8. The number of rotatable bonds is 3. The Morgan fingerprint density at radius 3 is 2.62 bits per heavy atom. The highest BCUT2D eigenvalue weighted by molar-refractivity contribution is 5.73. The van der Waals surface area contributed by atoms with Crippen LogP contribution < -0.4 is 10.1 Å². The highest BCUT2D eigenvalue weighted by atomic mass is 16.5. The van der Waals surface area contributed by atoms with Crippen molar-refractivity contribution in [2.75, 3.05) is 7.11 Å². The van der Waals surface area contributed by atoms with Crippen molar-refractivity contribution in [2.24, 2.45) is 11.8 Å². The average molecular weight is 331 g/mol. The highest BCUT2D eigenvalue weighted by Gasteiger charge is 2.49. The molecule has 4 heteroatoms. The molecule has 1 aliphatic heterocycles. The largest absolute Gasteiger partial charge is 0.497 e. The molecule has 1 aliphatic carbocycles. The molecule has 0 spiro atoms.